The zero-order chi connectivity index (χ0) is 10.1. The van der Waals surface area contributed by atoms with Crippen LogP contribution in [0.3, 0.4) is 0 Å². The van der Waals surface area contributed by atoms with Gasteiger partial charge in [0, 0.05) is 6.04 Å². The SMILES string of the molecule is CNC(C)(C)C(=O)NC1CCC1C. The second-order valence-electron chi connectivity index (χ2n) is 4.51. The molecule has 2 N–H and O–H groups in total. The highest BCUT2D eigenvalue weighted by atomic mass is 16.2. The van der Waals surface area contributed by atoms with Gasteiger partial charge < -0.3 is 10.6 Å². The maximum atomic E-state index is 11.7. The van der Waals surface area contributed by atoms with E-state index in [1.807, 2.05) is 20.9 Å². The molecule has 0 aliphatic heterocycles. The smallest absolute Gasteiger partial charge is 0.239 e. The Hall–Kier alpha value is -0.570. The Balaban J connectivity index is 2.41. The Bertz CT molecular complexity index is 201. The van der Waals surface area contributed by atoms with Crippen molar-refractivity contribution in [3.05, 3.63) is 0 Å². The highest BCUT2D eigenvalue weighted by Gasteiger charge is 2.32. The van der Waals surface area contributed by atoms with E-state index in [-0.39, 0.29) is 5.91 Å². The van der Waals surface area contributed by atoms with Crippen molar-refractivity contribution in [1.82, 2.24) is 10.6 Å². The number of amides is 1. The normalized spacial score (nSPS) is 28.0. The fraction of sp³-hybridized carbons (Fsp3) is 0.900. The number of likely N-dealkylation sites (N-methyl/N-ethyl adjacent to an activating group) is 1. The molecule has 0 heterocycles. The number of carbonyl (C=O) groups is 1. The average Bonchev–Trinajstić information content (AvgIpc) is 2.11. The summed E-state index contributed by atoms with van der Waals surface area (Å²) in [5.41, 5.74) is -0.449. The predicted octanol–water partition coefficient (Wildman–Crippen LogP) is 0.899. The molecule has 3 heteroatoms. The van der Waals surface area contributed by atoms with Crippen molar-refractivity contribution in [3.8, 4) is 0 Å². The minimum absolute atomic E-state index is 0.103. The van der Waals surface area contributed by atoms with Crippen molar-refractivity contribution in [1.29, 1.82) is 0 Å². The Morgan fingerprint density at radius 1 is 1.38 bits per heavy atom. The lowest BCUT2D eigenvalue weighted by Crippen LogP contribution is -2.56. The van der Waals surface area contributed by atoms with Gasteiger partial charge in [-0.1, -0.05) is 6.92 Å². The number of hydrogen-bond donors (Lipinski definition) is 2. The summed E-state index contributed by atoms with van der Waals surface area (Å²) in [6.45, 7) is 5.97. The van der Waals surface area contributed by atoms with Gasteiger partial charge in [-0.2, -0.15) is 0 Å². The van der Waals surface area contributed by atoms with E-state index in [0.29, 0.717) is 12.0 Å². The summed E-state index contributed by atoms with van der Waals surface area (Å²) in [6.07, 6.45) is 2.37. The van der Waals surface area contributed by atoms with E-state index in [9.17, 15) is 4.79 Å². The van der Waals surface area contributed by atoms with Gasteiger partial charge in [-0.3, -0.25) is 4.79 Å². The molecule has 0 saturated heterocycles. The molecule has 1 amide bonds. The second kappa shape index (κ2) is 3.66. The van der Waals surface area contributed by atoms with E-state index < -0.39 is 5.54 Å². The van der Waals surface area contributed by atoms with E-state index >= 15 is 0 Å². The van der Waals surface area contributed by atoms with Crippen LogP contribution in [0.5, 0.6) is 0 Å². The van der Waals surface area contributed by atoms with Crippen LogP contribution >= 0.6 is 0 Å². The van der Waals surface area contributed by atoms with Gasteiger partial charge in [0.05, 0.1) is 5.54 Å². The van der Waals surface area contributed by atoms with Gasteiger partial charge in [0.15, 0.2) is 0 Å². The Morgan fingerprint density at radius 2 is 2.00 bits per heavy atom. The first-order chi connectivity index (χ1) is 5.97. The quantitative estimate of drug-likeness (QED) is 0.684. The highest BCUT2D eigenvalue weighted by molar-refractivity contribution is 5.85. The fourth-order valence-corrected chi connectivity index (χ4v) is 1.34. The molecule has 2 atom stereocenters. The molecule has 3 nitrogen and oxygen atoms in total. The van der Waals surface area contributed by atoms with Crippen molar-refractivity contribution in [2.45, 2.75) is 45.2 Å². The highest BCUT2D eigenvalue weighted by Crippen LogP contribution is 2.26. The van der Waals surface area contributed by atoms with Crippen molar-refractivity contribution in [2.24, 2.45) is 5.92 Å². The summed E-state index contributed by atoms with van der Waals surface area (Å²) in [5, 5.41) is 6.05. The van der Waals surface area contributed by atoms with E-state index in [1.54, 1.807) is 0 Å². The van der Waals surface area contributed by atoms with Gasteiger partial charge in [-0.05, 0) is 39.7 Å². The van der Waals surface area contributed by atoms with Gasteiger partial charge in [0.1, 0.15) is 0 Å². The van der Waals surface area contributed by atoms with E-state index in [4.69, 9.17) is 0 Å². The molecule has 76 valence electrons. The molecule has 0 aromatic carbocycles. The Kier molecular flexibility index (Phi) is 2.96. The Morgan fingerprint density at radius 3 is 2.31 bits per heavy atom. The van der Waals surface area contributed by atoms with Crippen LogP contribution in [0.15, 0.2) is 0 Å². The summed E-state index contributed by atoms with van der Waals surface area (Å²) in [5.74, 6) is 0.753. The largest absolute Gasteiger partial charge is 0.352 e. The second-order valence-corrected chi connectivity index (χ2v) is 4.51. The van der Waals surface area contributed by atoms with Crippen LogP contribution in [0.25, 0.3) is 0 Å². The van der Waals surface area contributed by atoms with Crippen molar-refractivity contribution in [3.63, 3.8) is 0 Å². The van der Waals surface area contributed by atoms with Gasteiger partial charge in [-0.25, -0.2) is 0 Å². The fourth-order valence-electron chi connectivity index (χ4n) is 1.34. The van der Waals surface area contributed by atoms with Gasteiger partial charge in [-0.15, -0.1) is 0 Å². The average molecular weight is 184 g/mol. The third-order valence-electron chi connectivity index (χ3n) is 3.13. The molecule has 1 rings (SSSR count). The lowest BCUT2D eigenvalue weighted by atomic mass is 9.81. The van der Waals surface area contributed by atoms with Crippen LogP contribution < -0.4 is 10.6 Å². The molecular weight excluding hydrogens is 164 g/mol. The third kappa shape index (κ3) is 2.21. The first-order valence-electron chi connectivity index (χ1n) is 4.97. The van der Waals surface area contributed by atoms with Gasteiger partial charge in [0.25, 0.3) is 0 Å². The molecule has 13 heavy (non-hydrogen) atoms. The van der Waals surface area contributed by atoms with Crippen LogP contribution in [-0.2, 0) is 4.79 Å². The van der Waals surface area contributed by atoms with Crippen LogP contribution in [0.4, 0.5) is 0 Å². The number of hydrogen-bond acceptors (Lipinski definition) is 2. The van der Waals surface area contributed by atoms with Crippen molar-refractivity contribution < 1.29 is 4.79 Å². The summed E-state index contributed by atoms with van der Waals surface area (Å²) < 4.78 is 0. The number of carbonyl (C=O) groups excluding carboxylic acids is 1. The maximum Gasteiger partial charge on any atom is 0.239 e. The molecule has 0 aromatic rings. The van der Waals surface area contributed by atoms with E-state index in [0.717, 1.165) is 6.42 Å². The molecule has 1 saturated carbocycles. The first-order valence-corrected chi connectivity index (χ1v) is 4.97. The number of nitrogens with one attached hydrogen (secondary N) is 2. The summed E-state index contributed by atoms with van der Waals surface area (Å²) >= 11 is 0. The van der Waals surface area contributed by atoms with Gasteiger partial charge >= 0.3 is 0 Å². The monoisotopic (exact) mass is 184 g/mol. The Labute approximate surface area is 80.3 Å². The van der Waals surface area contributed by atoms with Crippen LogP contribution in [-0.4, -0.2) is 24.5 Å². The van der Waals surface area contributed by atoms with E-state index in [1.165, 1.54) is 6.42 Å². The molecule has 1 aliphatic rings. The lowest BCUT2D eigenvalue weighted by molar-refractivity contribution is -0.128. The summed E-state index contributed by atoms with van der Waals surface area (Å²) in [6, 6.07) is 0.403. The topological polar surface area (TPSA) is 41.1 Å². The third-order valence-corrected chi connectivity index (χ3v) is 3.13. The maximum absolute atomic E-state index is 11.7. The summed E-state index contributed by atoms with van der Waals surface area (Å²) in [4.78, 5) is 11.7. The van der Waals surface area contributed by atoms with Gasteiger partial charge in [0.2, 0.25) is 5.91 Å². The van der Waals surface area contributed by atoms with Crippen LogP contribution in [0, 0.1) is 5.92 Å². The zero-order valence-electron chi connectivity index (χ0n) is 8.98. The molecule has 0 spiro atoms. The van der Waals surface area contributed by atoms with Crippen molar-refractivity contribution >= 4 is 5.91 Å². The molecule has 0 aromatic heterocycles. The minimum Gasteiger partial charge on any atom is -0.352 e. The predicted molar refractivity (Wildman–Crippen MR) is 53.5 cm³/mol. The van der Waals surface area contributed by atoms with Crippen molar-refractivity contribution in [2.75, 3.05) is 7.05 Å². The molecule has 0 radical (unpaired) electrons. The molecular formula is C10H20N2O. The molecule has 2 unspecified atom stereocenters. The standard InChI is InChI=1S/C10H20N2O/c1-7-5-6-8(7)12-9(13)10(2,3)11-4/h7-8,11H,5-6H2,1-4H3,(H,12,13). The molecule has 0 bridgehead atoms. The lowest BCUT2D eigenvalue weighted by Gasteiger charge is -2.37. The minimum atomic E-state index is -0.449. The van der Waals surface area contributed by atoms with Crippen LogP contribution in [0.2, 0.25) is 0 Å². The molecule has 1 aliphatic carbocycles. The van der Waals surface area contributed by atoms with Crippen LogP contribution in [0.1, 0.15) is 33.6 Å². The zero-order valence-corrected chi connectivity index (χ0v) is 8.98. The molecule has 1 fully saturated rings. The summed E-state index contributed by atoms with van der Waals surface area (Å²) in [7, 11) is 1.81. The van der Waals surface area contributed by atoms with E-state index in [2.05, 4.69) is 17.6 Å². The first kappa shape index (κ1) is 10.5. The number of rotatable bonds is 3.